The van der Waals surface area contributed by atoms with Crippen LogP contribution in [0.2, 0.25) is 0 Å². The molecule has 0 aliphatic carbocycles. The SMILES string of the molecule is C=CC(=O)OC(C)(CC)CC(C)OC(C)CC. The zero-order chi connectivity index (χ0) is 13.5. The van der Waals surface area contributed by atoms with Crippen LogP contribution in [0.25, 0.3) is 0 Å². The molecule has 3 heteroatoms. The fourth-order valence-corrected chi connectivity index (χ4v) is 1.69. The molecule has 0 spiro atoms. The Balaban J connectivity index is 4.35. The molecule has 0 aliphatic rings. The molecule has 0 aromatic heterocycles. The quantitative estimate of drug-likeness (QED) is 0.483. The van der Waals surface area contributed by atoms with Gasteiger partial charge in [0.25, 0.3) is 0 Å². The smallest absolute Gasteiger partial charge is 0.330 e. The Labute approximate surface area is 105 Å². The number of carbonyl (C=O) groups is 1. The maximum atomic E-state index is 11.3. The van der Waals surface area contributed by atoms with Crippen LogP contribution >= 0.6 is 0 Å². The van der Waals surface area contributed by atoms with Gasteiger partial charge in [-0.25, -0.2) is 4.79 Å². The van der Waals surface area contributed by atoms with Gasteiger partial charge in [-0.1, -0.05) is 20.4 Å². The molecule has 0 amide bonds. The molecule has 0 aliphatic heterocycles. The van der Waals surface area contributed by atoms with Crippen molar-refractivity contribution < 1.29 is 14.3 Å². The number of esters is 1. The predicted molar refractivity (Wildman–Crippen MR) is 69.9 cm³/mol. The molecule has 3 atom stereocenters. The maximum absolute atomic E-state index is 11.3. The van der Waals surface area contributed by atoms with E-state index in [1.165, 1.54) is 6.08 Å². The minimum Gasteiger partial charge on any atom is -0.456 e. The Morgan fingerprint density at radius 3 is 2.35 bits per heavy atom. The predicted octanol–water partition coefficient (Wildman–Crippen LogP) is 3.48. The average Bonchev–Trinajstić information content (AvgIpc) is 2.28. The van der Waals surface area contributed by atoms with Crippen LogP contribution in [0.4, 0.5) is 0 Å². The minimum atomic E-state index is -0.474. The van der Waals surface area contributed by atoms with Gasteiger partial charge in [0.15, 0.2) is 0 Å². The topological polar surface area (TPSA) is 35.5 Å². The van der Waals surface area contributed by atoms with E-state index in [2.05, 4.69) is 20.4 Å². The van der Waals surface area contributed by atoms with Gasteiger partial charge in [0.1, 0.15) is 5.60 Å². The highest BCUT2D eigenvalue weighted by Crippen LogP contribution is 2.24. The van der Waals surface area contributed by atoms with Crippen LogP contribution in [0.15, 0.2) is 12.7 Å². The molecule has 0 radical (unpaired) electrons. The summed E-state index contributed by atoms with van der Waals surface area (Å²) in [7, 11) is 0. The summed E-state index contributed by atoms with van der Waals surface area (Å²) in [5.74, 6) is -0.370. The first kappa shape index (κ1) is 16.2. The molecule has 3 unspecified atom stereocenters. The summed E-state index contributed by atoms with van der Waals surface area (Å²) in [5.41, 5.74) is -0.474. The van der Waals surface area contributed by atoms with E-state index in [0.29, 0.717) is 6.42 Å². The van der Waals surface area contributed by atoms with Crippen LogP contribution < -0.4 is 0 Å². The lowest BCUT2D eigenvalue weighted by molar-refractivity contribution is -0.156. The van der Waals surface area contributed by atoms with Crippen molar-refractivity contribution in [3.8, 4) is 0 Å². The molecule has 0 heterocycles. The van der Waals surface area contributed by atoms with Crippen LogP contribution in [-0.2, 0) is 14.3 Å². The molecule has 0 bridgehead atoms. The van der Waals surface area contributed by atoms with Crippen molar-refractivity contribution in [2.45, 2.75) is 71.7 Å². The summed E-state index contributed by atoms with van der Waals surface area (Å²) in [6.45, 7) is 13.5. The standard InChI is InChI=1S/C14H26O3/c1-7-11(4)16-12(5)10-14(6,9-3)17-13(15)8-2/h8,11-12H,2,7,9-10H2,1,3-6H3. The number of hydrogen-bond donors (Lipinski definition) is 0. The van der Waals surface area contributed by atoms with E-state index in [-0.39, 0.29) is 18.2 Å². The van der Waals surface area contributed by atoms with E-state index in [1.54, 1.807) is 0 Å². The van der Waals surface area contributed by atoms with Crippen molar-refractivity contribution in [2.24, 2.45) is 0 Å². The Kier molecular flexibility index (Phi) is 7.12. The van der Waals surface area contributed by atoms with Crippen molar-refractivity contribution in [1.82, 2.24) is 0 Å². The molecular formula is C14H26O3. The van der Waals surface area contributed by atoms with Gasteiger partial charge in [-0.05, 0) is 33.6 Å². The van der Waals surface area contributed by atoms with Gasteiger partial charge in [-0.15, -0.1) is 0 Å². The van der Waals surface area contributed by atoms with Crippen molar-refractivity contribution in [2.75, 3.05) is 0 Å². The maximum Gasteiger partial charge on any atom is 0.330 e. The fraction of sp³-hybridized carbons (Fsp3) is 0.786. The zero-order valence-corrected chi connectivity index (χ0v) is 11.8. The molecule has 100 valence electrons. The van der Waals surface area contributed by atoms with Gasteiger partial charge in [0.2, 0.25) is 0 Å². The highest BCUT2D eigenvalue weighted by molar-refractivity contribution is 5.81. The first-order chi connectivity index (χ1) is 7.86. The Morgan fingerprint density at radius 2 is 1.94 bits per heavy atom. The van der Waals surface area contributed by atoms with E-state index >= 15 is 0 Å². The Bertz CT molecular complexity index is 250. The van der Waals surface area contributed by atoms with Gasteiger partial charge in [-0.3, -0.25) is 0 Å². The van der Waals surface area contributed by atoms with Crippen LogP contribution in [0, 0.1) is 0 Å². The normalized spacial score (nSPS) is 17.9. The minimum absolute atomic E-state index is 0.0764. The van der Waals surface area contributed by atoms with Crippen molar-refractivity contribution >= 4 is 5.97 Å². The molecule has 0 N–H and O–H groups in total. The van der Waals surface area contributed by atoms with Gasteiger partial charge >= 0.3 is 5.97 Å². The largest absolute Gasteiger partial charge is 0.456 e. The van der Waals surface area contributed by atoms with Crippen LogP contribution in [0.1, 0.15) is 53.9 Å². The van der Waals surface area contributed by atoms with Gasteiger partial charge in [0, 0.05) is 12.5 Å². The van der Waals surface area contributed by atoms with Crippen LogP contribution in [0.5, 0.6) is 0 Å². The third kappa shape index (κ3) is 6.47. The summed E-state index contributed by atoms with van der Waals surface area (Å²) >= 11 is 0. The van der Waals surface area contributed by atoms with Crippen molar-refractivity contribution in [1.29, 1.82) is 0 Å². The molecule has 0 aromatic carbocycles. The zero-order valence-electron chi connectivity index (χ0n) is 11.8. The molecule has 0 aromatic rings. The van der Waals surface area contributed by atoms with Gasteiger partial charge < -0.3 is 9.47 Å². The highest BCUT2D eigenvalue weighted by atomic mass is 16.6. The van der Waals surface area contributed by atoms with E-state index < -0.39 is 5.60 Å². The van der Waals surface area contributed by atoms with E-state index in [9.17, 15) is 4.79 Å². The fourth-order valence-electron chi connectivity index (χ4n) is 1.69. The highest BCUT2D eigenvalue weighted by Gasteiger charge is 2.29. The second-order valence-corrected chi connectivity index (χ2v) is 4.80. The summed E-state index contributed by atoms with van der Waals surface area (Å²) in [6.07, 6.45) is 3.97. The summed E-state index contributed by atoms with van der Waals surface area (Å²) < 4.78 is 11.2. The molecule has 0 saturated heterocycles. The Morgan fingerprint density at radius 1 is 1.35 bits per heavy atom. The lowest BCUT2D eigenvalue weighted by atomic mass is 9.95. The van der Waals surface area contributed by atoms with E-state index in [4.69, 9.17) is 9.47 Å². The second kappa shape index (κ2) is 7.49. The van der Waals surface area contributed by atoms with E-state index in [0.717, 1.165) is 12.8 Å². The lowest BCUT2D eigenvalue weighted by Crippen LogP contribution is -2.35. The number of ether oxygens (including phenoxy) is 2. The summed E-state index contributed by atoms with van der Waals surface area (Å²) in [4.78, 5) is 11.3. The number of hydrogen-bond acceptors (Lipinski definition) is 3. The lowest BCUT2D eigenvalue weighted by Gasteiger charge is -2.31. The molecule has 17 heavy (non-hydrogen) atoms. The van der Waals surface area contributed by atoms with Gasteiger partial charge in [0.05, 0.1) is 12.2 Å². The van der Waals surface area contributed by atoms with E-state index in [1.807, 2.05) is 20.8 Å². The first-order valence-corrected chi connectivity index (χ1v) is 6.37. The monoisotopic (exact) mass is 242 g/mol. The van der Waals surface area contributed by atoms with Gasteiger partial charge in [-0.2, -0.15) is 0 Å². The Hall–Kier alpha value is -0.830. The molecule has 0 saturated carbocycles. The number of carbonyl (C=O) groups excluding carboxylic acids is 1. The summed E-state index contributed by atoms with van der Waals surface area (Å²) in [5, 5.41) is 0. The van der Waals surface area contributed by atoms with Crippen molar-refractivity contribution in [3.63, 3.8) is 0 Å². The van der Waals surface area contributed by atoms with Crippen LogP contribution in [0.3, 0.4) is 0 Å². The number of rotatable bonds is 8. The average molecular weight is 242 g/mol. The third-order valence-corrected chi connectivity index (χ3v) is 3.02. The molecule has 0 rings (SSSR count). The molecular weight excluding hydrogens is 216 g/mol. The second-order valence-electron chi connectivity index (χ2n) is 4.80. The molecule has 0 fully saturated rings. The summed E-state index contributed by atoms with van der Waals surface area (Å²) in [6, 6.07) is 0. The van der Waals surface area contributed by atoms with Crippen LogP contribution in [-0.4, -0.2) is 23.8 Å². The molecule has 3 nitrogen and oxygen atoms in total. The third-order valence-electron chi connectivity index (χ3n) is 3.02. The first-order valence-electron chi connectivity index (χ1n) is 6.37. The van der Waals surface area contributed by atoms with Crippen molar-refractivity contribution in [3.05, 3.63) is 12.7 Å².